The van der Waals surface area contributed by atoms with Gasteiger partial charge in [-0.3, -0.25) is 4.79 Å². The molecule has 10 heteroatoms. The van der Waals surface area contributed by atoms with E-state index >= 15 is 0 Å². The second-order valence-corrected chi connectivity index (χ2v) is 7.86. The molecule has 2 aliphatic rings. The van der Waals surface area contributed by atoms with Crippen molar-refractivity contribution >= 4 is 15.9 Å². The molecule has 3 rings (SSSR count). The van der Waals surface area contributed by atoms with Crippen molar-refractivity contribution < 1.29 is 17.9 Å². The zero-order chi connectivity index (χ0) is 16.4. The molecule has 2 saturated heterocycles. The maximum Gasteiger partial charge on any atom is 0.276 e. The summed E-state index contributed by atoms with van der Waals surface area (Å²) in [6.07, 6.45) is 2.21. The average Bonchev–Trinajstić information content (AvgIpc) is 2.95. The number of amides is 1. The zero-order valence-electron chi connectivity index (χ0n) is 13.1. The first kappa shape index (κ1) is 16.3. The van der Waals surface area contributed by atoms with Crippen LogP contribution in [0, 0.1) is 0 Å². The highest BCUT2D eigenvalue weighted by Gasteiger charge is 2.37. The van der Waals surface area contributed by atoms with Gasteiger partial charge in [-0.1, -0.05) is 12.1 Å². The van der Waals surface area contributed by atoms with Gasteiger partial charge in [0.25, 0.3) is 5.91 Å². The number of ether oxygens (including phenoxy) is 1. The molecule has 0 unspecified atom stereocenters. The van der Waals surface area contributed by atoms with Gasteiger partial charge in [-0.2, -0.15) is 4.31 Å². The van der Waals surface area contributed by atoms with Crippen LogP contribution < -0.4 is 0 Å². The van der Waals surface area contributed by atoms with E-state index in [0.29, 0.717) is 51.5 Å². The summed E-state index contributed by atoms with van der Waals surface area (Å²) in [7, 11) is -3.16. The zero-order valence-corrected chi connectivity index (χ0v) is 13.9. The van der Waals surface area contributed by atoms with E-state index in [0.717, 1.165) is 0 Å². The van der Waals surface area contributed by atoms with Crippen LogP contribution in [0.4, 0.5) is 0 Å². The molecule has 0 N–H and O–H groups in total. The number of carbonyl (C=O) groups is 1. The molecule has 3 heterocycles. The Kier molecular flexibility index (Phi) is 4.64. The highest BCUT2D eigenvalue weighted by molar-refractivity contribution is 7.89. The van der Waals surface area contributed by atoms with Crippen molar-refractivity contribution in [3.63, 3.8) is 0 Å². The topological polar surface area (TPSA) is 97.6 Å². The molecular formula is C13H21N5O4S. The van der Waals surface area contributed by atoms with E-state index in [1.54, 1.807) is 15.8 Å². The Morgan fingerprint density at radius 3 is 2.70 bits per heavy atom. The standard InChI is InChI=1S/C13H21N5O4S/c1-2-7-23(20,21)17-8-11(9-17)18-10-12(14-15-18)13(19)16-3-5-22-6-4-16/h10-11H,2-9H2,1H3. The van der Waals surface area contributed by atoms with Gasteiger partial charge in [-0.05, 0) is 6.42 Å². The summed E-state index contributed by atoms with van der Waals surface area (Å²) in [5.41, 5.74) is 0.293. The number of rotatable bonds is 5. The number of aromatic nitrogens is 3. The minimum atomic E-state index is -3.16. The normalized spacial score (nSPS) is 20.5. The molecule has 1 aromatic heterocycles. The molecule has 0 radical (unpaired) electrons. The van der Waals surface area contributed by atoms with Gasteiger partial charge in [-0.25, -0.2) is 13.1 Å². The van der Waals surface area contributed by atoms with Crippen LogP contribution in [-0.4, -0.2) is 83.7 Å². The third-order valence-electron chi connectivity index (χ3n) is 4.09. The fraction of sp³-hybridized carbons (Fsp3) is 0.769. The van der Waals surface area contributed by atoms with Gasteiger partial charge in [-0.15, -0.1) is 5.10 Å². The Hall–Kier alpha value is -1.52. The van der Waals surface area contributed by atoms with E-state index < -0.39 is 10.0 Å². The number of hydrogen-bond acceptors (Lipinski definition) is 6. The van der Waals surface area contributed by atoms with Crippen molar-refractivity contribution in [2.24, 2.45) is 0 Å². The molecule has 0 aliphatic carbocycles. The average molecular weight is 343 g/mol. The Balaban J connectivity index is 1.59. The van der Waals surface area contributed by atoms with Crippen LogP contribution in [0.5, 0.6) is 0 Å². The molecule has 2 fully saturated rings. The first-order chi connectivity index (χ1) is 11.0. The third kappa shape index (κ3) is 3.38. The van der Waals surface area contributed by atoms with Gasteiger partial charge in [0.2, 0.25) is 10.0 Å². The number of carbonyl (C=O) groups excluding carboxylic acids is 1. The van der Waals surface area contributed by atoms with E-state index in [-0.39, 0.29) is 17.7 Å². The molecule has 1 aromatic rings. The highest BCUT2D eigenvalue weighted by Crippen LogP contribution is 2.24. The van der Waals surface area contributed by atoms with E-state index in [9.17, 15) is 13.2 Å². The second kappa shape index (κ2) is 6.54. The van der Waals surface area contributed by atoms with E-state index in [2.05, 4.69) is 10.3 Å². The Morgan fingerprint density at radius 2 is 2.04 bits per heavy atom. The summed E-state index contributed by atoms with van der Waals surface area (Å²) in [6.45, 7) is 4.79. The number of sulfonamides is 1. The predicted molar refractivity (Wildman–Crippen MR) is 81.4 cm³/mol. The number of hydrogen-bond donors (Lipinski definition) is 0. The minimum Gasteiger partial charge on any atom is -0.378 e. The number of morpholine rings is 1. The second-order valence-electron chi connectivity index (χ2n) is 5.78. The summed E-state index contributed by atoms with van der Waals surface area (Å²) in [5, 5.41) is 7.91. The van der Waals surface area contributed by atoms with Gasteiger partial charge < -0.3 is 9.64 Å². The van der Waals surface area contributed by atoms with Crippen molar-refractivity contribution in [2.45, 2.75) is 19.4 Å². The van der Waals surface area contributed by atoms with Crippen molar-refractivity contribution in [3.8, 4) is 0 Å². The fourth-order valence-corrected chi connectivity index (χ4v) is 4.25. The Labute approximate surface area is 135 Å². The molecule has 9 nitrogen and oxygen atoms in total. The fourth-order valence-electron chi connectivity index (χ4n) is 2.68. The third-order valence-corrected chi connectivity index (χ3v) is 6.10. The minimum absolute atomic E-state index is 0.0552. The van der Waals surface area contributed by atoms with Crippen LogP contribution in [0.3, 0.4) is 0 Å². The van der Waals surface area contributed by atoms with Crippen LogP contribution in [0.1, 0.15) is 29.9 Å². The van der Waals surface area contributed by atoms with E-state index in [1.807, 2.05) is 6.92 Å². The summed E-state index contributed by atoms with van der Waals surface area (Å²) in [5.74, 6) is 0.00650. The van der Waals surface area contributed by atoms with Gasteiger partial charge in [0.1, 0.15) is 0 Å². The first-order valence-electron chi connectivity index (χ1n) is 7.78. The van der Waals surface area contributed by atoms with Crippen LogP contribution in [0.15, 0.2) is 6.20 Å². The van der Waals surface area contributed by atoms with Crippen LogP contribution >= 0.6 is 0 Å². The molecule has 0 bridgehead atoms. The summed E-state index contributed by atoms with van der Waals surface area (Å²) in [6, 6.07) is -0.0552. The van der Waals surface area contributed by atoms with Crippen molar-refractivity contribution in [1.29, 1.82) is 0 Å². The van der Waals surface area contributed by atoms with Crippen molar-refractivity contribution in [2.75, 3.05) is 45.1 Å². The first-order valence-corrected chi connectivity index (χ1v) is 9.39. The van der Waals surface area contributed by atoms with Gasteiger partial charge in [0.15, 0.2) is 5.69 Å². The quantitative estimate of drug-likeness (QED) is 0.704. The lowest BCUT2D eigenvalue weighted by Gasteiger charge is -2.37. The summed E-state index contributed by atoms with van der Waals surface area (Å²) >= 11 is 0. The van der Waals surface area contributed by atoms with Gasteiger partial charge in [0, 0.05) is 26.2 Å². The molecule has 0 saturated carbocycles. The molecule has 23 heavy (non-hydrogen) atoms. The lowest BCUT2D eigenvalue weighted by Crippen LogP contribution is -2.51. The lowest BCUT2D eigenvalue weighted by atomic mass is 10.2. The number of nitrogens with zero attached hydrogens (tertiary/aromatic N) is 5. The molecular weight excluding hydrogens is 322 g/mol. The largest absolute Gasteiger partial charge is 0.378 e. The molecule has 0 aromatic carbocycles. The molecule has 2 aliphatic heterocycles. The summed E-state index contributed by atoms with van der Waals surface area (Å²) < 4.78 is 32.1. The SMILES string of the molecule is CCCS(=O)(=O)N1CC(n2cc(C(=O)N3CCOCC3)nn2)C1. The maximum absolute atomic E-state index is 12.3. The predicted octanol–water partition coefficient (Wildman–Crippen LogP) is -0.653. The summed E-state index contributed by atoms with van der Waals surface area (Å²) in [4.78, 5) is 14.0. The highest BCUT2D eigenvalue weighted by atomic mass is 32.2. The maximum atomic E-state index is 12.3. The lowest BCUT2D eigenvalue weighted by molar-refractivity contribution is 0.0299. The smallest absolute Gasteiger partial charge is 0.276 e. The van der Waals surface area contributed by atoms with Crippen LogP contribution in [0.25, 0.3) is 0 Å². The molecule has 128 valence electrons. The van der Waals surface area contributed by atoms with E-state index in [1.165, 1.54) is 4.31 Å². The molecule has 1 amide bonds. The van der Waals surface area contributed by atoms with Crippen LogP contribution in [-0.2, 0) is 14.8 Å². The van der Waals surface area contributed by atoms with Gasteiger partial charge in [0.05, 0.1) is 31.2 Å². The van der Waals surface area contributed by atoms with E-state index in [4.69, 9.17) is 4.74 Å². The Morgan fingerprint density at radius 1 is 1.35 bits per heavy atom. The van der Waals surface area contributed by atoms with Crippen molar-refractivity contribution in [3.05, 3.63) is 11.9 Å². The van der Waals surface area contributed by atoms with Gasteiger partial charge >= 0.3 is 0 Å². The Bertz CT molecular complexity index is 662. The molecule has 0 spiro atoms. The monoisotopic (exact) mass is 343 g/mol. The molecule has 0 atom stereocenters. The van der Waals surface area contributed by atoms with Crippen molar-refractivity contribution in [1.82, 2.24) is 24.2 Å². The van der Waals surface area contributed by atoms with Crippen LogP contribution in [0.2, 0.25) is 0 Å².